The second-order valence-electron chi connectivity index (χ2n) is 4.68. The van der Waals surface area contributed by atoms with E-state index in [1.807, 2.05) is 0 Å². The monoisotopic (exact) mass is 202 g/mol. The molecule has 1 saturated carbocycles. The van der Waals surface area contributed by atoms with E-state index in [0.717, 1.165) is 19.3 Å². The number of aryl methyl sites for hydroxylation is 1. The van der Waals surface area contributed by atoms with Gasteiger partial charge in [0.1, 0.15) is 5.78 Å². The summed E-state index contributed by atoms with van der Waals surface area (Å²) < 4.78 is 0. The Kier molecular flexibility index (Phi) is 2.90. The molecule has 0 N–H and O–H groups in total. The van der Waals surface area contributed by atoms with Crippen molar-refractivity contribution in [2.75, 3.05) is 0 Å². The van der Waals surface area contributed by atoms with Gasteiger partial charge in [0.25, 0.3) is 0 Å². The summed E-state index contributed by atoms with van der Waals surface area (Å²) in [5.41, 5.74) is 2.76. The Morgan fingerprint density at radius 1 is 1.33 bits per heavy atom. The van der Waals surface area contributed by atoms with Crippen LogP contribution in [-0.4, -0.2) is 5.78 Å². The van der Waals surface area contributed by atoms with Gasteiger partial charge in [-0.15, -0.1) is 0 Å². The van der Waals surface area contributed by atoms with Crippen molar-refractivity contribution in [2.24, 2.45) is 11.8 Å². The van der Waals surface area contributed by atoms with E-state index >= 15 is 0 Å². The summed E-state index contributed by atoms with van der Waals surface area (Å²) in [5, 5.41) is 0. The summed E-state index contributed by atoms with van der Waals surface area (Å²) >= 11 is 0. The summed E-state index contributed by atoms with van der Waals surface area (Å²) in [7, 11) is 0. The van der Waals surface area contributed by atoms with Crippen LogP contribution < -0.4 is 0 Å². The summed E-state index contributed by atoms with van der Waals surface area (Å²) in [6.45, 7) is 4.23. The number of ketones is 1. The summed E-state index contributed by atoms with van der Waals surface area (Å²) in [4.78, 5) is 11.5. The van der Waals surface area contributed by atoms with E-state index in [4.69, 9.17) is 0 Å². The molecule has 0 heterocycles. The molecule has 1 heteroatoms. The molecule has 0 radical (unpaired) electrons. The number of hydrogen-bond acceptors (Lipinski definition) is 1. The lowest BCUT2D eigenvalue weighted by Gasteiger charge is -2.15. The van der Waals surface area contributed by atoms with Crippen molar-refractivity contribution in [3.63, 3.8) is 0 Å². The standard InChI is InChI=1S/C14H18O/c1-10-5-3-4-6-12(10)9-13-7-8-14(15)11(13)2/h3-6,11,13H,7-9H2,1-2H3. The third kappa shape index (κ3) is 2.11. The van der Waals surface area contributed by atoms with Crippen molar-refractivity contribution in [3.05, 3.63) is 35.4 Å². The van der Waals surface area contributed by atoms with Gasteiger partial charge in [-0.3, -0.25) is 4.79 Å². The number of benzene rings is 1. The minimum Gasteiger partial charge on any atom is -0.299 e. The smallest absolute Gasteiger partial charge is 0.135 e. The molecule has 1 aliphatic rings. The van der Waals surface area contributed by atoms with Crippen molar-refractivity contribution < 1.29 is 4.79 Å². The Balaban J connectivity index is 2.10. The van der Waals surface area contributed by atoms with Gasteiger partial charge in [0.05, 0.1) is 0 Å². The molecule has 1 fully saturated rings. The molecule has 2 rings (SSSR count). The predicted molar refractivity (Wildman–Crippen MR) is 61.8 cm³/mol. The molecule has 80 valence electrons. The average Bonchev–Trinajstić information content (AvgIpc) is 2.53. The topological polar surface area (TPSA) is 17.1 Å². The van der Waals surface area contributed by atoms with Crippen LogP contribution in [0.2, 0.25) is 0 Å². The maximum absolute atomic E-state index is 11.5. The molecule has 0 aromatic heterocycles. The normalized spacial score (nSPS) is 25.9. The lowest BCUT2D eigenvalue weighted by atomic mass is 9.89. The first-order valence-electron chi connectivity index (χ1n) is 5.75. The molecule has 1 aliphatic carbocycles. The molecular formula is C14H18O. The van der Waals surface area contributed by atoms with Crippen molar-refractivity contribution >= 4 is 5.78 Å². The summed E-state index contributed by atoms with van der Waals surface area (Å²) in [6.07, 6.45) is 2.94. The van der Waals surface area contributed by atoms with Crippen LogP contribution in [0.15, 0.2) is 24.3 Å². The van der Waals surface area contributed by atoms with Crippen LogP contribution in [0.5, 0.6) is 0 Å². The largest absolute Gasteiger partial charge is 0.299 e. The molecule has 0 saturated heterocycles. The molecule has 1 nitrogen and oxygen atoms in total. The van der Waals surface area contributed by atoms with Gasteiger partial charge in [0, 0.05) is 12.3 Å². The van der Waals surface area contributed by atoms with Crippen molar-refractivity contribution in [3.8, 4) is 0 Å². The molecule has 1 aromatic rings. The van der Waals surface area contributed by atoms with E-state index < -0.39 is 0 Å². The fraction of sp³-hybridized carbons (Fsp3) is 0.500. The minimum atomic E-state index is 0.268. The first-order chi connectivity index (χ1) is 7.18. The van der Waals surface area contributed by atoms with Gasteiger partial charge in [-0.2, -0.15) is 0 Å². The Bertz CT molecular complexity index is 367. The molecule has 0 amide bonds. The van der Waals surface area contributed by atoms with E-state index in [0.29, 0.717) is 11.7 Å². The minimum absolute atomic E-state index is 0.268. The molecule has 15 heavy (non-hydrogen) atoms. The number of Topliss-reactive ketones (excluding diaryl/α,β-unsaturated/α-hetero) is 1. The predicted octanol–water partition coefficient (Wildman–Crippen LogP) is 3.15. The van der Waals surface area contributed by atoms with Crippen molar-refractivity contribution in [1.82, 2.24) is 0 Å². The van der Waals surface area contributed by atoms with Crippen molar-refractivity contribution in [1.29, 1.82) is 0 Å². The van der Waals surface area contributed by atoms with Crippen LogP contribution in [0.25, 0.3) is 0 Å². The van der Waals surface area contributed by atoms with E-state index in [-0.39, 0.29) is 5.92 Å². The highest BCUT2D eigenvalue weighted by Gasteiger charge is 2.30. The molecule has 2 unspecified atom stereocenters. The maximum Gasteiger partial charge on any atom is 0.135 e. The van der Waals surface area contributed by atoms with Crippen LogP contribution in [0.4, 0.5) is 0 Å². The lowest BCUT2D eigenvalue weighted by molar-refractivity contribution is -0.120. The van der Waals surface area contributed by atoms with Crippen LogP contribution in [0.3, 0.4) is 0 Å². The fourth-order valence-corrected chi connectivity index (χ4v) is 2.47. The maximum atomic E-state index is 11.5. The zero-order chi connectivity index (χ0) is 10.8. The Morgan fingerprint density at radius 3 is 2.67 bits per heavy atom. The van der Waals surface area contributed by atoms with Gasteiger partial charge in [0.15, 0.2) is 0 Å². The van der Waals surface area contributed by atoms with E-state index in [1.54, 1.807) is 0 Å². The van der Waals surface area contributed by atoms with E-state index in [2.05, 4.69) is 38.1 Å². The number of carbonyl (C=O) groups is 1. The van der Waals surface area contributed by atoms with Crippen LogP contribution in [0.1, 0.15) is 30.9 Å². The second-order valence-corrected chi connectivity index (χ2v) is 4.68. The van der Waals surface area contributed by atoms with Crippen molar-refractivity contribution in [2.45, 2.75) is 33.1 Å². The first-order valence-corrected chi connectivity index (χ1v) is 5.75. The third-order valence-electron chi connectivity index (χ3n) is 3.72. The summed E-state index contributed by atoms with van der Waals surface area (Å²) in [6, 6.07) is 8.49. The molecule has 0 spiro atoms. The van der Waals surface area contributed by atoms with Gasteiger partial charge in [0.2, 0.25) is 0 Å². The van der Waals surface area contributed by atoms with Gasteiger partial charge < -0.3 is 0 Å². The molecular weight excluding hydrogens is 184 g/mol. The van der Waals surface area contributed by atoms with Gasteiger partial charge in [-0.25, -0.2) is 0 Å². The average molecular weight is 202 g/mol. The van der Waals surface area contributed by atoms with Crippen LogP contribution in [-0.2, 0) is 11.2 Å². The highest BCUT2D eigenvalue weighted by atomic mass is 16.1. The Morgan fingerprint density at radius 2 is 2.07 bits per heavy atom. The van der Waals surface area contributed by atoms with E-state index in [1.165, 1.54) is 11.1 Å². The van der Waals surface area contributed by atoms with Gasteiger partial charge in [-0.05, 0) is 36.8 Å². The van der Waals surface area contributed by atoms with Gasteiger partial charge >= 0.3 is 0 Å². The Labute approximate surface area is 91.5 Å². The zero-order valence-electron chi connectivity index (χ0n) is 9.49. The molecule has 1 aromatic carbocycles. The van der Waals surface area contributed by atoms with Crippen LogP contribution in [0, 0.1) is 18.8 Å². The molecule has 0 bridgehead atoms. The highest BCUT2D eigenvalue weighted by molar-refractivity contribution is 5.83. The zero-order valence-corrected chi connectivity index (χ0v) is 9.49. The number of hydrogen-bond donors (Lipinski definition) is 0. The fourth-order valence-electron chi connectivity index (χ4n) is 2.47. The SMILES string of the molecule is Cc1ccccc1CC1CCC(=O)C1C. The quantitative estimate of drug-likeness (QED) is 0.720. The highest BCUT2D eigenvalue weighted by Crippen LogP contribution is 2.31. The summed E-state index contributed by atoms with van der Waals surface area (Å²) in [5.74, 6) is 1.29. The second kappa shape index (κ2) is 4.18. The number of carbonyl (C=O) groups excluding carboxylic acids is 1. The van der Waals surface area contributed by atoms with Gasteiger partial charge in [-0.1, -0.05) is 31.2 Å². The third-order valence-corrected chi connectivity index (χ3v) is 3.72. The Hall–Kier alpha value is -1.11. The van der Waals surface area contributed by atoms with Crippen LogP contribution >= 0.6 is 0 Å². The molecule has 2 atom stereocenters. The first kappa shape index (κ1) is 10.4. The number of rotatable bonds is 2. The van der Waals surface area contributed by atoms with E-state index in [9.17, 15) is 4.79 Å². The molecule has 0 aliphatic heterocycles. The lowest BCUT2D eigenvalue weighted by Crippen LogP contribution is -2.13.